The third-order valence-corrected chi connectivity index (χ3v) is 3.43. The lowest BCUT2D eigenvalue weighted by Crippen LogP contribution is -2.12. The number of hydrogen-bond acceptors (Lipinski definition) is 2. The maximum Gasteiger partial charge on any atom is 0.0998 e. The summed E-state index contributed by atoms with van der Waals surface area (Å²) in [5.74, 6) is 0. The zero-order valence-corrected chi connectivity index (χ0v) is 10.1. The van der Waals surface area contributed by atoms with E-state index in [1.54, 1.807) is 0 Å². The predicted octanol–water partition coefficient (Wildman–Crippen LogP) is 3.58. The first-order chi connectivity index (χ1) is 8.90. The zero-order valence-electron chi connectivity index (χ0n) is 10.1. The number of nitrogens with zero attached hydrogens (tertiary/aromatic N) is 1. The molecular weight excluding hydrogens is 220 g/mol. The van der Waals surface area contributed by atoms with Crippen LogP contribution < -0.4 is 5.32 Å². The largest absolute Gasteiger partial charge is 0.385 e. The second-order valence-corrected chi connectivity index (χ2v) is 4.52. The Kier molecular flexibility index (Phi) is 2.74. The van der Waals surface area contributed by atoms with Crippen molar-refractivity contribution in [2.75, 3.05) is 11.9 Å². The van der Waals surface area contributed by atoms with E-state index >= 15 is 0 Å². The van der Waals surface area contributed by atoms with Crippen LogP contribution in [0.15, 0.2) is 42.5 Å². The standard InChI is InChI=1S/C16H14N2/c17-11-12-5-1-2-6-13(12)14-7-3-9-16-15(14)8-4-10-18-16/h1-3,5-7,9,18H,4,8,10H2. The Bertz CT molecular complexity index is 623. The molecule has 1 N–H and O–H groups in total. The van der Waals surface area contributed by atoms with Gasteiger partial charge in [-0.25, -0.2) is 0 Å². The van der Waals surface area contributed by atoms with Crippen molar-refractivity contribution in [3.05, 3.63) is 53.6 Å². The number of nitriles is 1. The fraction of sp³-hybridized carbons (Fsp3) is 0.188. The molecule has 0 fully saturated rings. The van der Waals surface area contributed by atoms with Crippen LogP contribution in [0.25, 0.3) is 11.1 Å². The summed E-state index contributed by atoms with van der Waals surface area (Å²) in [5, 5.41) is 12.6. The second-order valence-electron chi connectivity index (χ2n) is 4.52. The minimum Gasteiger partial charge on any atom is -0.385 e. The third-order valence-electron chi connectivity index (χ3n) is 3.43. The van der Waals surface area contributed by atoms with Crippen molar-refractivity contribution in [2.45, 2.75) is 12.8 Å². The summed E-state index contributed by atoms with van der Waals surface area (Å²) in [5.41, 5.74) is 5.53. The lowest BCUT2D eigenvalue weighted by molar-refractivity contribution is 0.832. The van der Waals surface area contributed by atoms with Crippen LogP contribution in [-0.4, -0.2) is 6.54 Å². The molecule has 1 aliphatic rings. The van der Waals surface area contributed by atoms with Crippen molar-refractivity contribution in [1.29, 1.82) is 5.26 Å². The molecule has 0 atom stereocenters. The highest BCUT2D eigenvalue weighted by Crippen LogP contribution is 2.33. The van der Waals surface area contributed by atoms with Gasteiger partial charge in [-0.1, -0.05) is 30.3 Å². The molecule has 2 aromatic carbocycles. The van der Waals surface area contributed by atoms with Crippen LogP contribution in [0.3, 0.4) is 0 Å². The van der Waals surface area contributed by atoms with E-state index in [1.807, 2.05) is 24.3 Å². The van der Waals surface area contributed by atoms with Gasteiger partial charge in [0.1, 0.15) is 0 Å². The Hall–Kier alpha value is -2.27. The van der Waals surface area contributed by atoms with E-state index in [1.165, 1.54) is 16.8 Å². The average molecular weight is 234 g/mol. The van der Waals surface area contributed by atoms with Gasteiger partial charge in [-0.05, 0) is 41.7 Å². The first-order valence-corrected chi connectivity index (χ1v) is 6.25. The van der Waals surface area contributed by atoms with E-state index < -0.39 is 0 Å². The summed E-state index contributed by atoms with van der Waals surface area (Å²) in [6, 6.07) is 16.4. The zero-order chi connectivity index (χ0) is 12.4. The smallest absolute Gasteiger partial charge is 0.0998 e. The molecule has 2 heteroatoms. The third kappa shape index (κ3) is 1.74. The molecule has 0 saturated carbocycles. The minimum absolute atomic E-state index is 0.747. The summed E-state index contributed by atoms with van der Waals surface area (Å²) in [7, 11) is 0. The van der Waals surface area contributed by atoms with E-state index in [9.17, 15) is 5.26 Å². The Morgan fingerprint density at radius 3 is 2.72 bits per heavy atom. The Morgan fingerprint density at radius 1 is 1.00 bits per heavy atom. The van der Waals surface area contributed by atoms with Crippen LogP contribution in [0.2, 0.25) is 0 Å². The number of hydrogen-bond donors (Lipinski definition) is 1. The summed E-state index contributed by atoms with van der Waals surface area (Å²) >= 11 is 0. The number of anilines is 1. The van der Waals surface area contributed by atoms with Crippen LogP contribution >= 0.6 is 0 Å². The lowest BCUT2D eigenvalue weighted by Gasteiger charge is -2.21. The Labute approximate surface area is 107 Å². The van der Waals surface area contributed by atoms with Crippen LogP contribution in [-0.2, 0) is 6.42 Å². The molecule has 2 nitrogen and oxygen atoms in total. The Balaban J connectivity index is 2.21. The molecule has 1 aliphatic heterocycles. The van der Waals surface area contributed by atoms with Crippen molar-refractivity contribution < 1.29 is 0 Å². The number of benzene rings is 2. The Morgan fingerprint density at radius 2 is 1.83 bits per heavy atom. The quantitative estimate of drug-likeness (QED) is 0.818. The van der Waals surface area contributed by atoms with Gasteiger partial charge in [-0.2, -0.15) is 5.26 Å². The van der Waals surface area contributed by atoms with Crippen molar-refractivity contribution in [3.63, 3.8) is 0 Å². The van der Waals surface area contributed by atoms with Gasteiger partial charge in [0, 0.05) is 12.2 Å². The molecule has 0 aliphatic carbocycles. The van der Waals surface area contributed by atoms with Gasteiger partial charge in [0.15, 0.2) is 0 Å². The van der Waals surface area contributed by atoms with Gasteiger partial charge in [-0.3, -0.25) is 0 Å². The van der Waals surface area contributed by atoms with Gasteiger partial charge < -0.3 is 5.32 Å². The molecule has 0 radical (unpaired) electrons. The van der Waals surface area contributed by atoms with Crippen LogP contribution in [0.5, 0.6) is 0 Å². The van der Waals surface area contributed by atoms with Crippen molar-refractivity contribution in [3.8, 4) is 17.2 Å². The normalized spacial score (nSPS) is 13.3. The molecule has 0 saturated heterocycles. The minimum atomic E-state index is 0.747. The van der Waals surface area contributed by atoms with Crippen LogP contribution in [0.4, 0.5) is 5.69 Å². The summed E-state index contributed by atoms with van der Waals surface area (Å²) in [4.78, 5) is 0. The van der Waals surface area contributed by atoms with Crippen molar-refractivity contribution in [1.82, 2.24) is 0 Å². The molecular formula is C16H14N2. The number of fused-ring (bicyclic) bond motifs is 1. The fourth-order valence-electron chi connectivity index (χ4n) is 2.58. The first kappa shape index (κ1) is 10.9. The highest BCUT2D eigenvalue weighted by Gasteiger charge is 2.15. The summed E-state index contributed by atoms with van der Waals surface area (Å²) < 4.78 is 0. The van der Waals surface area contributed by atoms with E-state index in [4.69, 9.17) is 0 Å². The van der Waals surface area contributed by atoms with E-state index in [0.717, 1.165) is 30.5 Å². The maximum atomic E-state index is 9.22. The molecule has 1 heterocycles. The SMILES string of the molecule is N#Cc1ccccc1-c1cccc2c1CCCN2. The second kappa shape index (κ2) is 4.54. The number of nitrogens with one attached hydrogen (secondary N) is 1. The van der Waals surface area contributed by atoms with E-state index in [-0.39, 0.29) is 0 Å². The van der Waals surface area contributed by atoms with E-state index in [2.05, 4.69) is 29.6 Å². The van der Waals surface area contributed by atoms with Gasteiger partial charge >= 0.3 is 0 Å². The lowest BCUT2D eigenvalue weighted by atomic mass is 9.91. The van der Waals surface area contributed by atoms with Gasteiger partial charge in [-0.15, -0.1) is 0 Å². The number of rotatable bonds is 1. The summed E-state index contributed by atoms with van der Waals surface area (Å²) in [6.45, 7) is 1.04. The predicted molar refractivity (Wildman–Crippen MR) is 73.4 cm³/mol. The highest BCUT2D eigenvalue weighted by atomic mass is 14.9. The van der Waals surface area contributed by atoms with Gasteiger partial charge in [0.2, 0.25) is 0 Å². The summed E-state index contributed by atoms with van der Waals surface area (Å²) in [6.07, 6.45) is 2.23. The fourth-order valence-corrected chi connectivity index (χ4v) is 2.58. The van der Waals surface area contributed by atoms with Gasteiger partial charge in [0.25, 0.3) is 0 Å². The molecule has 0 amide bonds. The molecule has 88 valence electrons. The van der Waals surface area contributed by atoms with Gasteiger partial charge in [0.05, 0.1) is 11.6 Å². The molecule has 3 rings (SSSR count). The monoisotopic (exact) mass is 234 g/mol. The van der Waals surface area contributed by atoms with Crippen LogP contribution in [0, 0.1) is 11.3 Å². The molecule has 0 unspecified atom stereocenters. The maximum absolute atomic E-state index is 9.22. The molecule has 18 heavy (non-hydrogen) atoms. The van der Waals surface area contributed by atoms with Crippen molar-refractivity contribution in [2.24, 2.45) is 0 Å². The molecule has 2 aromatic rings. The van der Waals surface area contributed by atoms with Crippen LogP contribution in [0.1, 0.15) is 17.5 Å². The van der Waals surface area contributed by atoms with E-state index in [0.29, 0.717) is 0 Å². The molecule has 0 spiro atoms. The highest BCUT2D eigenvalue weighted by molar-refractivity contribution is 5.78. The molecule has 0 bridgehead atoms. The molecule has 0 aromatic heterocycles. The first-order valence-electron chi connectivity index (χ1n) is 6.25. The van der Waals surface area contributed by atoms with Crippen molar-refractivity contribution >= 4 is 5.69 Å². The average Bonchev–Trinajstić information content (AvgIpc) is 2.46. The topological polar surface area (TPSA) is 35.8 Å².